The summed E-state index contributed by atoms with van der Waals surface area (Å²) < 4.78 is 75.3. The maximum absolute atomic E-state index is 13.0. The second-order valence-corrected chi connectivity index (χ2v) is 8.40. The summed E-state index contributed by atoms with van der Waals surface area (Å²) >= 11 is 5.80. The normalized spacial score (nSPS) is 22.0. The fourth-order valence-electron chi connectivity index (χ4n) is 2.67. The van der Waals surface area contributed by atoms with Gasteiger partial charge in [-0.25, -0.2) is 12.8 Å². The zero-order valence-electron chi connectivity index (χ0n) is 12.5. The first kappa shape index (κ1) is 19.0. The summed E-state index contributed by atoms with van der Waals surface area (Å²) in [6.07, 6.45) is -4.34. The molecule has 1 saturated heterocycles. The van der Waals surface area contributed by atoms with E-state index in [0.717, 1.165) is 23.3 Å². The Labute approximate surface area is 141 Å². The van der Waals surface area contributed by atoms with Crippen LogP contribution in [0.5, 0.6) is 0 Å². The van der Waals surface area contributed by atoms with E-state index >= 15 is 0 Å². The van der Waals surface area contributed by atoms with Crippen LogP contribution in [0.3, 0.4) is 0 Å². The summed E-state index contributed by atoms with van der Waals surface area (Å²) in [4.78, 5) is 13.1. The quantitative estimate of drug-likeness (QED) is 0.749. The van der Waals surface area contributed by atoms with E-state index in [-0.39, 0.29) is 17.0 Å². The number of rotatable bonds is 3. The van der Waals surface area contributed by atoms with Gasteiger partial charge >= 0.3 is 6.18 Å². The molecule has 0 N–H and O–H groups in total. The number of alkyl halides is 3. The van der Waals surface area contributed by atoms with Crippen LogP contribution in [0, 0.1) is 11.7 Å². The lowest BCUT2D eigenvalue weighted by Crippen LogP contribution is -2.37. The van der Waals surface area contributed by atoms with Crippen molar-refractivity contribution in [1.82, 2.24) is 4.90 Å². The number of likely N-dealkylation sites (tertiary alicyclic amines) is 1. The van der Waals surface area contributed by atoms with Crippen molar-refractivity contribution in [2.75, 3.05) is 19.3 Å². The molecule has 1 aromatic carbocycles. The van der Waals surface area contributed by atoms with E-state index in [4.69, 9.17) is 11.6 Å². The third kappa shape index (κ3) is 4.18. The van der Waals surface area contributed by atoms with Crippen LogP contribution in [0.1, 0.15) is 5.56 Å². The Hall–Kier alpha value is -1.35. The van der Waals surface area contributed by atoms with E-state index in [0.29, 0.717) is 0 Å². The average molecular weight is 388 g/mol. The molecule has 1 amide bonds. The molecular formula is C14H14ClF4NO3S. The molecule has 10 heteroatoms. The number of hydrogen-bond donors (Lipinski definition) is 0. The monoisotopic (exact) mass is 387 g/mol. The predicted octanol–water partition coefficient (Wildman–Crippen LogP) is 2.46. The van der Waals surface area contributed by atoms with Crippen molar-refractivity contribution in [1.29, 1.82) is 0 Å². The molecule has 0 spiro atoms. The Balaban J connectivity index is 2.19. The molecule has 4 nitrogen and oxygen atoms in total. The number of sulfone groups is 1. The highest BCUT2D eigenvalue weighted by molar-refractivity contribution is 7.91. The van der Waals surface area contributed by atoms with Crippen molar-refractivity contribution >= 4 is 27.3 Å². The van der Waals surface area contributed by atoms with Crippen LogP contribution in [0.4, 0.5) is 17.6 Å². The number of carbonyl (C=O) groups excluding carboxylic acids is 1. The van der Waals surface area contributed by atoms with E-state index in [9.17, 15) is 30.8 Å². The maximum atomic E-state index is 13.0. The largest absolute Gasteiger partial charge is 0.394 e. The van der Waals surface area contributed by atoms with Crippen molar-refractivity contribution in [3.8, 4) is 0 Å². The van der Waals surface area contributed by atoms with Gasteiger partial charge in [0, 0.05) is 24.4 Å². The van der Waals surface area contributed by atoms with Gasteiger partial charge in [0.1, 0.15) is 5.82 Å². The molecule has 0 aromatic heterocycles. The standard InChI is InChI=1S/C14H14ClF4NO3S/c1-24(22,23)12-7-20(6-10(12)14(17,18)19)13(21)4-8-2-3-9(16)5-11(8)15/h2-3,5,10,12H,4,6-7H2,1H3/t10-,12-/m1/s1. The van der Waals surface area contributed by atoms with Crippen LogP contribution in [-0.2, 0) is 21.1 Å². The minimum absolute atomic E-state index is 0.0189. The molecule has 1 aliphatic heterocycles. The van der Waals surface area contributed by atoms with Gasteiger partial charge in [0.05, 0.1) is 17.6 Å². The third-order valence-electron chi connectivity index (χ3n) is 3.95. The Morgan fingerprint density at radius 3 is 2.42 bits per heavy atom. The fourth-order valence-corrected chi connectivity index (χ4v) is 4.19. The highest BCUT2D eigenvalue weighted by atomic mass is 35.5. The van der Waals surface area contributed by atoms with Gasteiger partial charge in [-0.3, -0.25) is 4.79 Å². The molecule has 1 heterocycles. The molecule has 0 aliphatic carbocycles. The lowest BCUT2D eigenvalue weighted by molar-refractivity contribution is -0.170. The predicted molar refractivity (Wildman–Crippen MR) is 79.9 cm³/mol. The third-order valence-corrected chi connectivity index (χ3v) is 5.88. The number of halogens is 5. The van der Waals surface area contributed by atoms with Gasteiger partial charge in [0.25, 0.3) is 0 Å². The van der Waals surface area contributed by atoms with Crippen LogP contribution < -0.4 is 0 Å². The molecule has 0 saturated carbocycles. The van der Waals surface area contributed by atoms with Crippen LogP contribution in [0.2, 0.25) is 5.02 Å². The second kappa shape index (κ2) is 6.51. The molecule has 2 atom stereocenters. The molecule has 1 fully saturated rings. The Morgan fingerprint density at radius 2 is 1.96 bits per heavy atom. The summed E-state index contributed by atoms with van der Waals surface area (Å²) in [5.41, 5.74) is 0.259. The van der Waals surface area contributed by atoms with Crippen molar-refractivity contribution in [3.05, 3.63) is 34.6 Å². The van der Waals surface area contributed by atoms with Crippen LogP contribution in [-0.4, -0.2) is 50.0 Å². The van der Waals surface area contributed by atoms with E-state index in [2.05, 4.69) is 0 Å². The minimum Gasteiger partial charge on any atom is -0.340 e. The summed E-state index contributed by atoms with van der Waals surface area (Å²) in [5, 5.41) is -1.71. The maximum Gasteiger partial charge on any atom is 0.394 e. The Morgan fingerprint density at radius 1 is 1.33 bits per heavy atom. The van der Waals surface area contributed by atoms with Gasteiger partial charge in [-0.1, -0.05) is 17.7 Å². The minimum atomic E-state index is -4.73. The van der Waals surface area contributed by atoms with Gasteiger partial charge in [0.2, 0.25) is 5.91 Å². The zero-order chi connectivity index (χ0) is 18.3. The van der Waals surface area contributed by atoms with Gasteiger partial charge in [-0.15, -0.1) is 0 Å². The first-order valence-electron chi connectivity index (χ1n) is 6.87. The van der Waals surface area contributed by atoms with Crippen molar-refractivity contribution in [2.24, 2.45) is 5.92 Å². The topological polar surface area (TPSA) is 54.5 Å². The van der Waals surface area contributed by atoms with Gasteiger partial charge in [-0.2, -0.15) is 13.2 Å². The van der Waals surface area contributed by atoms with Crippen molar-refractivity contribution in [3.63, 3.8) is 0 Å². The van der Waals surface area contributed by atoms with Crippen LogP contribution >= 0.6 is 11.6 Å². The molecule has 24 heavy (non-hydrogen) atoms. The fraction of sp³-hybridized carbons (Fsp3) is 0.500. The molecule has 1 aromatic rings. The smallest absolute Gasteiger partial charge is 0.340 e. The molecule has 2 rings (SSSR count). The molecule has 0 unspecified atom stereocenters. The number of amides is 1. The van der Waals surface area contributed by atoms with E-state index < -0.39 is 52.0 Å². The molecule has 0 radical (unpaired) electrons. The lowest BCUT2D eigenvalue weighted by Gasteiger charge is -2.19. The van der Waals surface area contributed by atoms with Crippen LogP contribution in [0.15, 0.2) is 18.2 Å². The number of carbonyl (C=O) groups is 1. The lowest BCUT2D eigenvalue weighted by atomic mass is 10.1. The Bertz CT molecular complexity index is 751. The number of hydrogen-bond acceptors (Lipinski definition) is 3. The van der Waals surface area contributed by atoms with Gasteiger partial charge in [0.15, 0.2) is 9.84 Å². The number of benzene rings is 1. The molecule has 0 bridgehead atoms. The SMILES string of the molecule is CS(=O)(=O)[C@@H]1CN(C(=O)Cc2ccc(F)cc2Cl)C[C@H]1C(F)(F)F. The average Bonchev–Trinajstić information content (AvgIpc) is 2.87. The summed E-state index contributed by atoms with van der Waals surface area (Å²) in [6, 6.07) is 3.34. The first-order chi connectivity index (χ1) is 10.9. The number of nitrogens with zero attached hydrogens (tertiary/aromatic N) is 1. The highest BCUT2D eigenvalue weighted by Gasteiger charge is 2.54. The summed E-state index contributed by atoms with van der Waals surface area (Å²) in [6.45, 7) is -1.25. The van der Waals surface area contributed by atoms with Gasteiger partial charge in [-0.05, 0) is 17.7 Å². The van der Waals surface area contributed by atoms with E-state index in [1.165, 1.54) is 6.07 Å². The summed E-state index contributed by atoms with van der Waals surface area (Å²) in [7, 11) is -3.98. The Kier molecular flexibility index (Phi) is 5.15. The first-order valence-corrected chi connectivity index (χ1v) is 9.20. The van der Waals surface area contributed by atoms with E-state index in [1.54, 1.807) is 0 Å². The zero-order valence-corrected chi connectivity index (χ0v) is 14.1. The van der Waals surface area contributed by atoms with Gasteiger partial charge < -0.3 is 4.90 Å². The summed E-state index contributed by atoms with van der Waals surface area (Å²) in [5.74, 6) is -3.42. The van der Waals surface area contributed by atoms with Crippen molar-refractivity contribution < 1.29 is 30.8 Å². The molecular weight excluding hydrogens is 374 g/mol. The molecule has 1 aliphatic rings. The van der Waals surface area contributed by atoms with E-state index in [1.807, 2.05) is 0 Å². The highest BCUT2D eigenvalue weighted by Crippen LogP contribution is 2.37. The van der Waals surface area contributed by atoms with Crippen molar-refractivity contribution in [2.45, 2.75) is 17.8 Å². The second-order valence-electron chi connectivity index (χ2n) is 5.73. The van der Waals surface area contributed by atoms with Crippen LogP contribution in [0.25, 0.3) is 0 Å². The molecule has 134 valence electrons.